The van der Waals surface area contributed by atoms with Gasteiger partial charge >= 0.3 is 11.9 Å². The first-order valence-electron chi connectivity index (χ1n) is 6.98. The molecule has 6 heteroatoms. The van der Waals surface area contributed by atoms with Crippen LogP contribution < -0.4 is 0 Å². The van der Waals surface area contributed by atoms with E-state index in [0.717, 1.165) is 6.21 Å². The number of esters is 2. The molecule has 118 valence electrons. The molecule has 0 spiro atoms. The van der Waals surface area contributed by atoms with E-state index in [0.29, 0.717) is 11.3 Å². The van der Waals surface area contributed by atoms with Crippen LogP contribution in [-0.2, 0) is 19.1 Å². The number of hydrogen-bond donors (Lipinski definition) is 0. The van der Waals surface area contributed by atoms with Crippen molar-refractivity contribution in [1.82, 2.24) is 0 Å². The number of rotatable bonds is 7. The molecule has 0 bridgehead atoms. The third-order valence-corrected chi connectivity index (χ3v) is 2.73. The number of para-hydroxylation sites is 1. The number of ketones is 1. The summed E-state index contributed by atoms with van der Waals surface area (Å²) in [4.78, 5) is 39.3. The van der Waals surface area contributed by atoms with Gasteiger partial charge in [0.25, 0.3) is 0 Å². The molecule has 22 heavy (non-hydrogen) atoms. The van der Waals surface area contributed by atoms with Gasteiger partial charge in [-0.3, -0.25) is 19.4 Å². The molecule has 1 aromatic rings. The molecule has 0 amide bonds. The summed E-state index contributed by atoms with van der Waals surface area (Å²) in [6.07, 6.45) is 1.15. The topological polar surface area (TPSA) is 82.0 Å². The SMILES string of the molecule is CCOC(=O)C(C=Nc1ccccc1C(C)=O)C(=O)OCC. The number of carbonyl (C=O) groups excluding carboxylic acids is 3. The van der Waals surface area contributed by atoms with E-state index in [1.54, 1.807) is 38.1 Å². The van der Waals surface area contributed by atoms with Gasteiger partial charge in [-0.05, 0) is 32.9 Å². The molecule has 1 aromatic carbocycles. The summed E-state index contributed by atoms with van der Waals surface area (Å²) in [5, 5.41) is 0. The average Bonchev–Trinajstić information content (AvgIpc) is 2.48. The second-order valence-corrected chi connectivity index (χ2v) is 4.33. The first-order valence-corrected chi connectivity index (χ1v) is 6.98. The summed E-state index contributed by atoms with van der Waals surface area (Å²) in [7, 11) is 0. The number of benzene rings is 1. The van der Waals surface area contributed by atoms with Gasteiger partial charge in [-0.15, -0.1) is 0 Å². The highest BCUT2D eigenvalue weighted by Crippen LogP contribution is 2.19. The second-order valence-electron chi connectivity index (χ2n) is 4.33. The average molecular weight is 305 g/mol. The fourth-order valence-corrected chi connectivity index (χ4v) is 1.72. The van der Waals surface area contributed by atoms with Crippen LogP contribution in [0.3, 0.4) is 0 Å². The Morgan fingerprint density at radius 2 is 1.64 bits per heavy atom. The van der Waals surface area contributed by atoms with E-state index in [1.165, 1.54) is 6.92 Å². The van der Waals surface area contributed by atoms with Gasteiger partial charge in [0, 0.05) is 11.8 Å². The Balaban J connectivity index is 3.05. The lowest BCUT2D eigenvalue weighted by atomic mass is 10.1. The van der Waals surface area contributed by atoms with Gasteiger partial charge in [-0.1, -0.05) is 12.1 Å². The summed E-state index contributed by atoms with van der Waals surface area (Å²) >= 11 is 0. The van der Waals surface area contributed by atoms with Crippen LogP contribution >= 0.6 is 0 Å². The Bertz CT molecular complexity index is 562. The van der Waals surface area contributed by atoms with Crippen molar-refractivity contribution in [3.63, 3.8) is 0 Å². The van der Waals surface area contributed by atoms with Crippen molar-refractivity contribution in [3.8, 4) is 0 Å². The maximum atomic E-state index is 11.8. The number of hydrogen-bond acceptors (Lipinski definition) is 6. The van der Waals surface area contributed by atoms with Crippen molar-refractivity contribution in [2.75, 3.05) is 13.2 Å². The molecule has 0 aliphatic carbocycles. The number of ether oxygens (including phenoxy) is 2. The molecule has 1 rings (SSSR count). The van der Waals surface area contributed by atoms with Crippen molar-refractivity contribution in [2.45, 2.75) is 20.8 Å². The highest BCUT2D eigenvalue weighted by molar-refractivity contribution is 6.10. The standard InChI is InChI=1S/C16H19NO5/c1-4-21-15(19)13(16(20)22-5-2)10-17-14-9-7-6-8-12(14)11(3)18/h6-10,13H,4-5H2,1-3H3. The molecule has 0 saturated heterocycles. The highest BCUT2D eigenvalue weighted by Gasteiger charge is 2.27. The lowest BCUT2D eigenvalue weighted by molar-refractivity contribution is -0.157. The maximum Gasteiger partial charge on any atom is 0.325 e. The number of nitrogens with zero attached hydrogens (tertiary/aromatic N) is 1. The third-order valence-electron chi connectivity index (χ3n) is 2.73. The fraction of sp³-hybridized carbons (Fsp3) is 0.375. The van der Waals surface area contributed by atoms with E-state index >= 15 is 0 Å². The summed E-state index contributed by atoms with van der Waals surface area (Å²) in [5.74, 6) is -2.87. The van der Waals surface area contributed by atoms with Gasteiger partial charge in [0.1, 0.15) is 0 Å². The van der Waals surface area contributed by atoms with Crippen LogP contribution in [0.1, 0.15) is 31.1 Å². The molecule has 0 saturated carbocycles. The van der Waals surface area contributed by atoms with E-state index in [2.05, 4.69) is 4.99 Å². The van der Waals surface area contributed by atoms with Crippen LogP contribution in [0, 0.1) is 5.92 Å². The quantitative estimate of drug-likeness (QED) is 0.334. The van der Waals surface area contributed by atoms with Crippen LogP contribution in [0.4, 0.5) is 5.69 Å². The molecule has 0 atom stereocenters. The molecule has 0 N–H and O–H groups in total. The van der Waals surface area contributed by atoms with Crippen LogP contribution in [0.2, 0.25) is 0 Å². The predicted octanol–water partition coefficient (Wildman–Crippen LogP) is 2.33. The first kappa shape index (κ1) is 17.6. The Morgan fingerprint density at radius 3 is 2.14 bits per heavy atom. The minimum atomic E-state index is -1.25. The van der Waals surface area contributed by atoms with Crippen LogP contribution in [0.15, 0.2) is 29.3 Å². The van der Waals surface area contributed by atoms with Gasteiger partial charge in [-0.25, -0.2) is 0 Å². The molecule has 0 aliphatic rings. The van der Waals surface area contributed by atoms with Crippen LogP contribution in [0.5, 0.6) is 0 Å². The molecular formula is C16H19NO5. The smallest absolute Gasteiger partial charge is 0.325 e. The van der Waals surface area contributed by atoms with Gasteiger partial charge < -0.3 is 9.47 Å². The molecule has 0 unspecified atom stereocenters. The first-order chi connectivity index (χ1) is 10.5. The van der Waals surface area contributed by atoms with Crippen LogP contribution in [-0.4, -0.2) is 37.2 Å². The molecule has 0 radical (unpaired) electrons. The zero-order valence-electron chi connectivity index (χ0n) is 12.9. The Morgan fingerprint density at radius 1 is 1.09 bits per heavy atom. The monoisotopic (exact) mass is 305 g/mol. The van der Waals surface area contributed by atoms with Crippen LogP contribution in [0.25, 0.3) is 0 Å². The largest absolute Gasteiger partial charge is 0.465 e. The molecule has 6 nitrogen and oxygen atoms in total. The minimum absolute atomic E-state index is 0.145. The normalized spacial score (nSPS) is 10.7. The molecular weight excluding hydrogens is 286 g/mol. The number of Topliss-reactive ketones (excluding diaryl/α,β-unsaturated/α-hetero) is 1. The summed E-state index contributed by atoms with van der Waals surface area (Å²) in [6.45, 7) is 4.99. The maximum absolute atomic E-state index is 11.8. The zero-order valence-corrected chi connectivity index (χ0v) is 12.9. The Kier molecular flexibility index (Phi) is 6.95. The van der Waals surface area contributed by atoms with E-state index in [-0.39, 0.29) is 19.0 Å². The highest BCUT2D eigenvalue weighted by atomic mass is 16.6. The van der Waals surface area contributed by atoms with Gasteiger partial charge in [0.15, 0.2) is 11.7 Å². The number of aliphatic imine (C=N–C) groups is 1. The van der Waals surface area contributed by atoms with E-state index < -0.39 is 17.9 Å². The van der Waals surface area contributed by atoms with Crippen molar-refractivity contribution in [1.29, 1.82) is 0 Å². The predicted molar refractivity (Wildman–Crippen MR) is 81.4 cm³/mol. The Labute approximate surface area is 129 Å². The third kappa shape index (κ3) is 4.80. The summed E-state index contributed by atoms with van der Waals surface area (Å²) < 4.78 is 9.68. The number of carbonyl (C=O) groups is 3. The van der Waals surface area contributed by atoms with Crippen molar-refractivity contribution < 1.29 is 23.9 Å². The molecule has 0 aliphatic heterocycles. The minimum Gasteiger partial charge on any atom is -0.465 e. The van der Waals surface area contributed by atoms with Crippen molar-refractivity contribution in [3.05, 3.63) is 29.8 Å². The summed E-state index contributed by atoms with van der Waals surface area (Å²) in [5.41, 5.74) is 0.791. The van der Waals surface area contributed by atoms with Crippen molar-refractivity contribution in [2.24, 2.45) is 10.9 Å². The summed E-state index contributed by atoms with van der Waals surface area (Å²) in [6, 6.07) is 6.67. The van der Waals surface area contributed by atoms with Gasteiger partial charge in [0.05, 0.1) is 18.9 Å². The van der Waals surface area contributed by atoms with E-state index in [9.17, 15) is 14.4 Å². The lowest BCUT2D eigenvalue weighted by Gasteiger charge is -2.10. The molecule has 0 heterocycles. The second kappa shape index (κ2) is 8.71. The van der Waals surface area contributed by atoms with E-state index in [1.807, 2.05) is 0 Å². The zero-order chi connectivity index (χ0) is 16.5. The van der Waals surface area contributed by atoms with Gasteiger partial charge in [-0.2, -0.15) is 0 Å². The van der Waals surface area contributed by atoms with E-state index in [4.69, 9.17) is 9.47 Å². The Hall–Kier alpha value is -2.50. The molecule has 0 aromatic heterocycles. The molecule has 0 fully saturated rings. The van der Waals surface area contributed by atoms with Crippen molar-refractivity contribution >= 4 is 29.6 Å². The van der Waals surface area contributed by atoms with Gasteiger partial charge in [0.2, 0.25) is 0 Å². The fourth-order valence-electron chi connectivity index (χ4n) is 1.72. The lowest BCUT2D eigenvalue weighted by Crippen LogP contribution is -2.29.